The molecule has 0 aliphatic heterocycles. The molecule has 2 atom stereocenters. The molecule has 1 amide bonds. The van der Waals surface area contributed by atoms with E-state index in [1.807, 2.05) is 6.08 Å². The van der Waals surface area contributed by atoms with Gasteiger partial charge in [-0.2, -0.15) is 0 Å². The summed E-state index contributed by atoms with van der Waals surface area (Å²) in [6, 6.07) is -0.588. The Hall–Kier alpha value is -2.18. The van der Waals surface area contributed by atoms with Gasteiger partial charge in [0.15, 0.2) is 0 Å². The van der Waals surface area contributed by atoms with Crippen molar-refractivity contribution < 1.29 is 24.5 Å². The van der Waals surface area contributed by atoms with Crippen molar-refractivity contribution in [2.24, 2.45) is 0 Å². The fourth-order valence-electron chi connectivity index (χ4n) is 9.01. The van der Waals surface area contributed by atoms with Crippen LogP contribution in [0.5, 0.6) is 0 Å². The highest BCUT2D eigenvalue weighted by Gasteiger charge is 2.19. The number of aliphatic hydroxyl groups excluding tert-OH is 2. The lowest BCUT2D eigenvalue weighted by Crippen LogP contribution is -2.45. The van der Waals surface area contributed by atoms with Gasteiger partial charge in [0.05, 0.1) is 25.4 Å². The summed E-state index contributed by atoms with van der Waals surface area (Å²) in [6.45, 7) is 4.87. The van der Waals surface area contributed by atoms with Crippen LogP contribution in [0, 0.1) is 0 Å². The normalized spacial score (nSPS) is 12.9. The van der Waals surface area contributed by atoms with Gasteiger partial charge in [0.2, 0.25) is 5.91 Å². The number of hydrogen-bond donors (Lipinski definition) is 3. The molecule has 0 aromatic heterocycles. The maximum absolute atomic E-state index is 12.5. The molecule has 3 N–H and O–H groups in total. The Labute approximate surface area is 423 Å². The van der Waals surface area contributed by atoms with Gasteiger partial charge in [-0.05, 0) is 77.0 Å². The van der Waals surface area contributed by atoms with Gasteiger partial charge in [-0.25, -0.2) is 0 Å². The highest BCUT2D eigenvalue weighted by Crippen LogP contribution is 2.17. The summed E-state index contributed by atoms with van der Waals surface area (Å²) in [4.78, 5) is 24.5. The first kappa shape index (κ1) is 65.8. The van der Waals surface area contributed by atoms with Gasteiger partial charge in [0.25, 0.3) is 0 Å². The first-order chi connectivity index (χ1) is 33.5. The van der Waals surface area contributed by atoms with E-state index in [1.54, 1.807) is 0 Å². The number of nitrogens with one attached hydrogen (secondary N) is 1. The summed E-state index contributed by atoms with van der Waals surface area (Å²) in [5.74, 6) is -0.145. The van der Waals surface area contributed by atoms with Crippen LogP contribution in [-0.2, 0) is 14.3 Å². The molecular weight excluding hydrogens is 839 g/mol. The van der Waals surface area contributed by atoms with Gasteiger partial charge in [0.1, 0.15) is 0 Å². The van der Waals surface area contributed by atoms with Crippen molar-refractivity contribution in [2.45, 2.75) is 321 Å². The topological polar surface area (TPSA) is 95.9 Å². The number of aliphatic hydroxyl groups is 2. The maximum atomic E-state index is 12.5. The molecule has 0 aromatic rings. The zero-order valence-corrected chi connectivity index (χ0v) is 45.3. The fraction of sp³-hybridized carbons (Fsp3) is 0.839. The van der Waals surface area contributed by atoms with Crippen molar-refractivity contribution in [3.63, 3.8) is 0 Å². The largest absolute Gasteiger partial charge is 0.466 e. The molecular formula is C62H115NO5. The van der Waals surface area contributed by atoms with E-state index >= 15 is 0 Å². The molecule has 0 aliphatic carbocycles. The van der Waals surface area contributed by atoms with E-state index in [4.69, 9.17) is 4.74 Å². The second-order valence-electron chi connectivity index (χ2n) is 20.3. The van der Waals surface area contributed by atoms with Crippen LogP contribution in [0.4, 0.5) is 0 Å². The third-order valence-electron chi connectivity index (χ3n) is 13.6. The summed E-state index contributed by atoms with van der Waals surface area (Å²) in [6.07, 6.45) is 72.6. The minimum atomic E-state index is -0.702. The number of unbranched alkanes of at least 4 members (excludes halogenated alkanes) is 36. The van der Waals surface area contributed by atoms with Crippen LogP contribution in [0.15, 0.2) is 48.6 Å². The van der Waals surface area contributed by atoms with Crippen molar-refractivity contribution >= 4 is 11.9 Å². The number of rotatable bonds is 55. The summed E-state index contributed by atoms with van der Waals surface area (Å²) in [5, 5.41) is 23.3. The van der Waals surface area contributed by atoms with Gasteiger partial charge < -0.3 is 20.3 Å². The molecule has 0 saturated carbocycles. The van der Waals surface area contributed by atoms with Crippen LogP contribution in [-0.4, -0.2) is 47.4 Å². The second-order valence-corrected chi connectivity index (χ2v) is 20.3. The molecule has 0 fully saturated rings. The summed E-state index contributed by atoms with van der Waals surface area (Å²) < 4.78 is 5.45. The fourth-order valence-corrected chi connectivity index (χ4v) is 9.01. The second kappa shape index (κ2) is 57.4. The molecule has 6 nitrogen and oxygen atoms in total. The van der Waals surface area contributed by atoms with Gasteiger partial charge in [-0.1, -0.05) is 268 Å². The standard InChI is InChI=1S/C62H115NO5/c1-3-5-7-9-11-13-15-17-19-20-21-22-23-24-25-26-28-30-34-38-42-46-50-54-60(65)59(58-64)63-61(66)55-51-47-43-39-35-31-29-33-37-41-45-49-53-57-68-62(67)56-52-48-44-40-36-32-27-18-16-14-12-10-8-6-4-2/h12,14,18,27,31,35,43,47,59-60,64-65H,3-11,13,15-17,19-26,28-30,32-34,36-42,44-46,48-58H2,1-2H3,(H,63,66)/b14-12-,27-18-,35-31-,47-43-. The molecule has 2 unspecified atom stereocenters. The Morgan fingerprint density at radius 3 is 1.18 bits per heavy atom. The van der Waals surface area contributed by atoms with Crippen molar-refractivity contribution in [2.75, 3.05) is 13.2 Å². The lowest BCUT2D eigenvalue weighted by Gasteiger charge is -2.22. The molecule has 0 spiro atoms. The molecule has 0 aromatic carbocycles. The molecule has 6 heteroatoms. The minimum absolute atomic E-state index is 0.0308. The maximum Gasteiger partial charge on any atom is 0.305 e. The molecule has 68 heavy (non-hydrogen) atoms. The predicted molar refractivity (Wildman–Crippen MR) is 296 cm³/mol. The first-order valence-corrected chi connectivity index (χ1v) is 29.9. The zero-order chi connectivity index (χ0) is 49.3. The number of allylic oxidation sites excluding steroid dienone is 8. The van der Waals surface area contributed by atoms with Gasteiger partial charge >= 0.3 is 5.97 Å². The molecule has 0 bridgehead atoms. The van der Waals surface area contributed by atoms with Gasteiger partial charge in [0, 0.05) is 12.8 Å². The van der Waals surface area contributed by atoms with E-state index in [-0.39, 0.29) is 18.5 Å². The molecule has 0 rings (SSSR count). The van der Waals surface area contributed by atoms with Crippen LogP contribution < -0.4 is 5.32 Å². The van der Waals surface area contributed by atoms with Crippen molar-refractivity contribution in [3.05, 3.63) is 48.6 Å². The Kier molecular flexibility index (Phi) is 55.6. The smallest absolute Gasteiger partial charge is 0.305 e. The van der Waals surface area contributed by atoms with E-state index in [2.05, 4.69) is 61.7 Å². The lowest BCUT2D eigenvalue weighted by molar-refractivity contribution is -0.143. The lowest BCUT2D eigenvalue weighted by atomic mass is 10.0. The minimum Gasteiger partial charge on any atom is -0.466 e. The summed E-state index contributed by atoms with van der Waals surface area (Å²) in [5.41, 5.74) is 0. The third-order valence-corrected chi connectivity index (χ3v) is 13.6. The van der Waals surface area contributed by atoms with E-state index in [1.165, 1.54) is 205 Å². The average Bonchev–Trinajstić information content (AvgIpc) is 3.34. The zero-order valence-electron chi connectivity index (χ0n) is 45.3. The van der Waals surface area contributed by atoms with Gasteiger partial charge in [-0.3, -0.25) is 9.59 Å². The monoisotopic (exact) mass is 954 g/mol. The van der Waals surface area contributed by atoms with Gasteiger partial charge in [-0.15, -0.1) is 0 Å². The van der Waals surface area contributed by atoms with E-state index in [9.17, 15) is 19.8 Å². The number of amides is 1. The van der Waals surface area contributed by atoms with E-state index in [0.717, 1.165) is 64.2 Å². The van der Waals surface area contributed by atoms with Crippen LogP contribution >= 0.6 is 0 Å². The van der Waals surface area contributed by atoms with E-state index < -0.39 is 12.1 Å². The molecule has 0 saturated heterocycles. The molecule has 398 valence electrons. The summed E-state index contributed by atoms with van der Waals surface area (Å²) in [7, 11) is 0. The van der Waals surface area contributed by atoms with Crippen LogP contribution in [0.1, 0.15) is 309 Å². The van der Waals surface area contributed by atoms with Crippen molar-refractivity contribution in [1.82, 2.24) is 5.32 Å². The Morgan fingerprint density at radius 1 is 0.412 bits per heavy atom. The number of esters is 1. The predicted octanol–water partition coefficient (Wildman–Crippen LogP) is 18.6. The quantitative estimate of drug-likeness (QED) is 0.0321. The van der Waals surface area contributed by atoms with E-state index in [0.29, 0.717) is 32.3 Å². The Morgan fingerprint density at radius 2 is 0.750 bits per heavy atom. The van der Waals surface area contributed by atoms with Crippen LogP contribution in [0.2, 0.25) is 0 Å². The average molecular weight is 955 g/mol. The molecule has 0 radical (unpaired) electrons. The highest BCUT2D eigenvalue weighted by atomic mass is 16.5. The Bertz CT molecular complexity index is 1150. The van der Waals surface area contributed by atoms with Crippen molar-refractivity contribution in [1.29, 1.82) is 0 Å². The molecule has 0 heterocycles. The SMILES string of the molecule is CCCCC/C=C\C/C=C\CCCCCCCC(=O)OCCCCCCCC/C=C\C/C=C\CCC(=O)NC(CO)C(O)CCCCCCCCCCCCCCCCCCCCCCCCC. The number of carbonyl (C=O) groups excluding carboxylic acids is 2. The Balaban J connectivity index is 3.54. The highest BCUT2D eigenvalue weighted by molar-refractivity contribution is 5.76. The molecule has 0 aliphatic rings. The third kappa shape index (κ3) is 53.2. The summed E-state index contributed by atoms with van der Waals surface area (Å²) >= 11 is 0. The first-order valence-electron chi connectivity index (χ1n) is 29.9. The number of carbonyl (C=O) groups is 2. The number of hydrogen-bond acceptors (Lipinski definition) is 5. The van der Waals surface area contributed by atoms with Crippen LogP contribution in [0.25, 0.3) is 0 Å². The van der Waals surface area contributed by atoms with Crippen molar-refractivity contribution in [3.8, 4) is 0 Å². The number of ether oxygens (including phenoxy) is 1. The van der Waals surface area contributed by atoms with Crippen LogP contribution in [0.3, 0.4) is 0 Å².